The van der Waals surface area contributed by atoms with E-state index in [9.17, 15) is 14.4 Å². The number of halogens is 1. The molecular formula is C17H21BrN4O3. The predicted octanol–water partition coefficient (Wildman–Crippen LogP) is 1.39. The number of hydrogen-bond donors (Lipinski definition) is 2. The molecule has 8 heteroatoms. The van der Waals surface area contributed by atoms with Crippen molar-refractivity contribution in [3.8, 4) is 0 Å². The summed E-state index contributed by atoms with van der Waals surface area (Å²) >= 11 is 3.11. The van der Waals surface area contributed by atoms with Crippen LogP contribution in [0.25, 0.3) is 0 Å². The molecule has 0 bridgehead atoms. The second-order valence-corrected chi connectivity index (χ2v) is 6.58. The number of benzene rings is 1. The van der Waals surface area contributed by atoms with E-state index < -0.39 is 17.2 Å². The Morgan fingerprint density at radius 2 is 1.84 bits per heavy atom. The minimum Gasteiger partial charge on any atom is -0.384 e. The number of aryl methyl sites for hydroxylation is 1. The zero-order valence-electron chi connectivity index (χ0n) is 14.2. The van der Waals surface area contributed by atoms with E-state index in [1.165, 1.54) is 4.57 Å². The molecule has 0 saturated heterocycles. The molecule has 1 heterocycles. The minimum absolute atomic E-state index is 0.0770. The standard InChI is InChI=1S/C17H21BrN4O3/c1-3-8-21-15(19)14(18)16(24)22(17(21)25)10-13(23)20-9-12-6-4-11(2)5-7-12/h4-7H,3,8-10,19H2,1-2H3,(H,20,23). The summed E-state index contributed by atoms with van der Waals surface area (Å²) in [6.45, 7) is 4.21. The Morgan fingerprint density at radius 1 is 1.20 bits per heavy atom. The van der Waals surface area contributed by atoms with Gasteiger partial charge in [0, 0.05) is 13.1 Å². The first-order valence-corrected chi connectivity index (χ1v) is 8.75. The molecule has 1 aromatic carbocycles. The Balaban J connectivity index is 2.19. The van der Waals surface area contributed by atoms with Gasteiger partial charge in [-0.25, -0.2) is 9.36 Å². The highest BCUT2D eigenvalue weighted by atomic mass is 79.9. The fourth-order valence-corrected chi connectivity index (χ4v) is 2.80. The lowest BCUT2D eigenvalue weighted by Crippen LogP contribution is -2.44. The highest BCUT2D eigenvalue weighted by molar-refractivity contribution is 9.10. The molecule has 0 aliphatic carbocycles. The van der Waals surface area contributed by atoms with Crippen molar-refractivity contribution in [2.75, 3.05) is 5.73 Å². The summed E-state index contributed by atoms with van der Waals surface area (Å²) in [7, 11) is 0. The number of nitrogens with zero attached hydrogens (tertiary/aromatic N) is 2. The molecule has 1 aromatic heterocycles. The average Bonchev–Trinajstić information content (AvgIpc) is 2.60. The lowest BCUT2D eigenvalue weighted by atomic mass is 10.1. The fraction of sp³-hybridized carbons (Fsp3) is 0.353. The number of nitrogen functional groups attached to an aromatic ring is 1. The van der Waals surface area contributed by atoms with Crippen LogP contribution in [0.4, 0.5) is 5.82 Å². The van der Waals surface area contributed by atoms with Crippen LogP contribution in [0.2, 0.25) is 0 Å². The lowest BCUT2D eigenvalue weighted by Gasteiger charge is -2.14. The smallest absolute Gasteiger partial charge is 0.333 e. The molecule has 2 rings (SSSR count). The quantitative estimate of drug-likeness (QED) is 0.753. The molecule has 2 aromatic rings. The van der Waals surface area contributed by atoms with Crippen molar-refractivity contribution < 1.29 is 4.79 Å². The summed E-state index contributed by atoms with van der Waals surface area (Å²) in [5.41, 5.74) is 6.69. The van der Waals surface area contributed by atoms with Gasteiger partial charge in [-0.05, 0) is 34.8 Å². The maximum absolute atomic E-state index is 12.4. The second kappa shape index (κ2) is 8.15. The number of rotatable bonds is 6. The number of nitrogens with one attached hydrogen (secondary N) is 1. The van der Waals surface area contributed by atoms with E-state index >= 15 is 0 Å². The van der Waals surface area contributed by atoms with Crippen molar-refractivity contribution in [2.45, 2.75) is 39.9 Å². The highest BCUT2D eigenvalue weighted by Crippen LogP contribution is 2.12. The van der Waals surface area contributed by atoms with Crippen LogP contribution in [0.1, 0.15) is 24.5 Å². The highest BCUT2D eigenvalue weighted by Gasteiger charge is 2.16. The van der Waals surface area contributed by atoms with Crippen LogP contribution in [0.3, 0.4) is 0 Å². The maximum atomic E-state index is 12.4. The van der Waals surface area contributed by atoms with E-state index in [1.54, 1.807) is 0 Å². The molecule has 0 radical (unpaired) electrons. The normalized spacial score (nSPS) is 10.7. The monoisotopic (exact) mass is 408 g/mol. The first-order chi connectivity index (χ1) is 11.8. The molecule has 1 amide bonds. The third-order valence-electron chi connectivity index (χ3n) is 3.77. The number of amides is 1. The molecule has 0 aliphatic heterocycles. The lowest BCUT2D eigenvalue weighted by molar-refractivity contribution is -0.121. The van der Waals surface area contributed by atoms with Gasteiger partial charge in [0.2, 0.25) is 5.91 Å². The van der Waals surface area contributed by atoms with Crippen molar-refractivity contribution in [3.05, 3.63) is 60.7 Å². The Bertz CT molecular complexity index is 884. The van der Waals surface area contributed by atoms with Gasteiger partial charge in [-0.3, -0.25) is 14.2 Å². The largest absolute Gasteiger partial charge is 0.384 e. The number of nitrogens with two attached hydrogens (primary N) is 1. The zero-order valence-corrected chi connectivity index (χ0v) is 15.8. The van der Waals surface area contributed by atoms with Gasteiger partial charge >= 0.3 is 5.69 Å². The van der Waals surface area contributed by atoms with Crippen LogP contribution in [-0.4, -0.2) is 15.0 Å². The first-order valence-electron chi connectivity index (χ1n) is 7.96. The first kappa shape index (κ1) is 19.0. The van der Waals surface area contributed by atoms with Crippen LogP contribution in [-0.2, 0) is 24.4 Å². The number of anilines is 1. The van der Waals surface area contributed by atoms with E-state index in [-0.39, 0.29) is 16.8 Å². The molecule has 0 atom stereocenters. The maximum Gasteiger partial charge on any atom is 0.333 e. The van der Waals surface area contributed by atoms with Crippen LogP contribution < -0.4 is 22.3 Å². The fourth-order valence-electron chi connectivity index (χ4n) is 2.37. The van der Waals surface area contributed by atoms with Crippen molar-refractivity contribution >= 4 is 27.7 Å². The molecule has 0 fully saturated rings. The molecule has 134 valence electrons. The Morgan fingerprint density at radius 3 is 2.44 bits per heavy atom. The zero-order chi connectivity index (χ0) is 18.6. The van der Waals surface area contributed by atoms with Gasteiger partial charge in [-0.2, -0.15) is 0 Å². The molecule has 0 spiro atoms. The molecule has 7 nitrogen and oxygen atoms in total. The Kier molecular flexibility index (Phi) is 6.19. The van der Waals surface area contributed by atoms with Crippen molar-refractivity contribution in [1.82, 2.24) is 14.5 Å². The average molecular weight is 409 g/mol. The molecule has 3 N–H and O–H groups in total. The van der Waals surface area contributed by atoms with Crippen molar-refractivity contribution in [3.63, 3.8) is 0 Å². The van der Waals surface area contributed by atoms with Gasteiger partial charge in [0.1, 0.15) is 16.8 Å². The van der Waals surface area contributed by atoms with E-state index in [2.05, 4.69) is 21.2 Å². The SMILES string of the molecule is CCCn1c(N)c(Br)c(=O)n(CC(=O)NCc2ccc(C)cc2)c1=O. The van der Waals surface area contributed by atoms with E-state index in [0.29, 0.717) is 19.5 Å². The van der Waals surface area contributed by atoms with Gasteiger partial charge in [0.05, 0.1) is 0 Å². The molecular weight excluding hydrogens is 388 g/mol. The van der Waals surface area contributed by atoms with E-state index in [1.807, 2.05) is 38.1 Å². The summed E-state index contributed by atoms with van der Waals surface area (Å²) in [4.78, 5) is 36.9. The summed E-state index contributed by atoms with van der Waals surface area (Å²) in [5.74, 6) is -0.340. The topological polar surface area (TPSA) is 99.1 Å². The van der Waals surface area contributed by atoms with Gasteiger partial charge in [-0.15, -0.1) is 0 Å². The van der Waals surface area contributed by atoms with Gasteiger partial charge in [0.25, 0.3) is 5.56 Å². The third-order valence-corrected chi connectivity index (χ3v) is 4.52. The summed E-state index contributed by atoms with van der Waals surface area (Å²) in [5, 5.41) is 2.71. The van der Waals surface area contributed by atoms with Gasteiger partial charge < -0.3 is 11.1 Å². The van der Waals surface area contributed by atoms with E-state index in [0.717, 1.165) is 15.7 Å². The number of carbonyl (C=O) groups excluding carboxylic acids is 1. The van der Waals surface area contributed by atoms with Crippen LogP contribution >= 0.6 is 15.9 Å². The van der Waals surface area contributed by atoms with Crippen molar-refractivity contribution in [2.24, 2.45) is 0 Å². The molecule has 0 unspecified atom stereocenters. The molecule has 0 saturated carbocycles. The summed E-state index contributed by atoms with van der Waals surface area (Å²) in [6.07, 6.45) is 0.675. The molecule has 25 heavy (non-hydrogen) atoms. The number of carbonyl (C=O) groups is 1. The minimum atomic E-state index is -0.611. The van der Waals surface area contributed by atoms with Crippen LogP contribution in [0.15, 0.2) is 38.3 Å². The number of hydrogen-bond acceptors (Lipinski definition) is 4. The predicted molar refractivity (Wildman–Crippen MR) is 100 cm³/mol. The van der Waals surface area contributed by atoms with Gasteiger partial charge in [-0.1, -0.05) is 36.8 Å². The van der Waals surface area contributed by atoms with Crippen LogP contribution in [0.5, 0.6) is 0 Å². The molecule has 0 aliphatic rings. The Labute approximate surface area is 153 Å². The second-order valence-electron chi connectivity index (χ2n) is 5.79. The summed E-state index contributed by atoms with van der Waals surface area (Å²) < 4.78 is 2.27. The Hall–Kier alpha value is -2.35. The van der Waals surface area contributed by atoms with Crippen molar-refractivity contribution in [1.29, 1.82) is 0 Å². The van der Waals surface area contributed by atoms with E-state index in [4.69, 9.17) is 5.73 Å². The summed E-state index contributed by atoms with van der Waals surface area (Å²) in [6, 6.07) is 7.73. The van der Waals surface area contributed by atoms with Gasteiger partial charge in [0.15, 0.2) is 0 Å². The third kappa shape index (κ3) is 4.39. The van der Waals surface area contributed by atoms with Crippen LogP contribution in [0, 0.1) is 6.92 Å². The number of aromatic nitrogens is 2.